The number of amides is 2. The number of methoxy groups -OCH3 is 2. The minimum Gasteiger partial charge on any atom is -0.459 e. The SMILES string of the molecule is C=CCNC1=C2CC(C)CC(OC)C(OC(=O)CCN(C)C)C(C)/C=C(/C)C(OC(N)=O)C(OC)/C=C/C=C(/C)C(=O)NC(=CC1=O)C2=O. The maximum atomic E-state index is 13.8. The predicted octanol–water partition coefficient (Wildman–Crippen LogP) is 3.04. The lowest BCUT2D eigenvalue weighted by molar-refractivity contribution is -0.160. The number of allylic oxidation sites excluding steroid dienone is 4. The number of fused-ring (bicyclic) bond motifs is 2. The van der Waals surface area contributed by atoms with Gasteiger partial charge in [0.15, 0.2) is 6.10 Å². The molecule has 6 atom stereocenters. The van der Waals surface area contributed by atoms with Crippen molar-refractivity contribution in [3.8, 4) is 0 Å². The van der Waals surface area contributed by atoms with Gasteiger partial charge in [-0.2, -0.15) is 0 Å². The van der Waals surface area contributed by atoms with Crippen LogP contribution in [0, 0.1) is 11.8 Å². The lowest BCUT2D eigenvalue weighted by Gasteiger charge is -2.33. The third-order valence-electron chi connectivity index (χ3n) is 8.21. The van der Waals surface area contributed by atoms with Crippen molar-refractivity contribution < 1.29 is 42.9 Å². The molecular weight excluding hydrogens is 632 g/mol. The van der Waals surface area contributed by atoms with Gasteiger partial charge >= 0.3 is 12.1 Å². The largest absolute Gasteiger partial charge is 0.459 e. The summed E-state index contributed by atoms with van der Waals surface area (Å²) in [5.74, 6) is -2.68. The first-order valence-corrected chi connectivity index (χ1v) is 16.2. The highest BCUT2D eigenvalue weighted by atomic mass is 16.6. The summed E-state index contributed by atoms with van der Waals surface area (Å²) in [5.41, 5.74) is 6.44. The Morgan fingerprint density at radius 3 is 2.41 bits per heavy atom. The Balaban J connectivity index is 2.73. The highest BCUT2D eigenvalue weighted by Crippen LogP contribution is 2.30. The van der Waals surface area contributed by atoms with Gasteiger partial charge < -0.3 is 40.2 Å². The van der Waals surface area contributed by atoms with Crippen molar-refractivity contribution in [2.75, 3.05) is 41.4 Å². The molecule has 6 unspecified atom stereocenters. The Morgan fingerprint density at radius 1 is 1.12 bits per heavy atom. The van der Waals surface area contributed by atoms with Gasteiger partial charge in [0, 0.05) is 50.4 Å². The van der Waals surface area contributed by atoms with E-state index in [1.54, 1.807) is 32.1 Å². The summed E-state index contributed by atoms with van der Waals surface area (Å²) in [6.07, 6.45) is 5.52. The molecule has 2 amide bonds. The summed E-state index contributed by atoms with van der Waals surface area (Å²) < 4.78 is 23.1. The van der Waals surface area contributed by atoms with E-state index in [9.17, 15) is 24.0 Å². The quantitative estimate of drug-likeness (QED) is 0.175. The van der Waals surface area contributed by atoms with Crippen LogP contribution in [0.1, 0.15) is 47.0 Å². The van der Waals surface area contributed by atoms with Crippen LogP contribution in [0.15, 0.2) is 71.1 Å². The van der Waals surface area contributed by atoms with E-state index < -0.39 is 59.9 Å². The number of Topliss-reactive ketones (excluding diaryl/α,β-unsaturated/α-hetero) is 1. The number of hydrogen-bond donors (Lipinski definition) is 3. The molecule has 0 aromatic rings. The standard InChI is InChI=1S/C36H52N4O9/c1-10-15-38-31-25-17-21(2)18-29(47-9)34(48-30(42)14-16-40(6)7)24(5)19-23(4)33(49-36(37)45)28(46-8)13-11-12-22(3)35(44)39-26(32(25)43)20-27(31)41/h10-13,19-21,24,28-29,33-34,38H,1,14-18H2,2-9H3,(H2,37,45)(H,39,44)/b13-11+,22-12-,23-19-. The molecule has 2 bridgehead atoms. The van der Waals surface area contributed by atoms with Crippen LogP contribution in [0.2, 0.25) is 0 Å². The average molecular weight is 685 g/mol. The third kappa shape index (κ3) is 12.3. The van der Waals surface area contributed by atoms with Crippen molar-refractivity contribution in [1.82, 2.24) is 15.5 Å². The van der Waals surface area contributed by atoms with Crippen molar-refractivity contribution in [3.63, 3.8) is 0 Å². The molecule has 0 aromatic heterocycles. The molecule has 270 valence electrons. The minimum atomic E-state index is -1.02. The number of hydrogen-bond acceptors (Lipinski definition) is 11. The number of carbonyl (C=O) groups excluding carboxylic acids is 5. The van der Waals surface area contributed by atoms with Crippen molar-refractivity contribution in [2.24, 2.45) is 17.6 Å². The molecule has 0 spiro atoms. The van der Waals surface area contributed by atoms with Crippen molar-refractivity contribution in [1.29, 1.82) is 0 Å². The molecule has 0 saturated carbocycles. The van der Waals surface area contributed by atoms with Crippen LogP contribution in [-0.2, 0) is 38.1 Å². The number of nitrogens with zero attached hydrogens (tertiary/aromatic N) is 1. The van der Waals surface area contributed by atoms with E-state index in [2.05, 4.69) is 17.2 Å². The molecule has 13 heteroatoms. The zero-order valence-electron chi connectivity index (χ0n) is 29.9. The Hall–Kier alpha value is -4.33. The zero-order chi connectivity index (χ0) is 36.8. The smallest absolute Gasteiger partial charge is 0.405 e. The fraction of sp³-hybridized carbons (Fsp3) is 0.528. The van der Waals surface area contributed by atoms with Crippen LogP contribution in [0.3, 0.4) is 0 Å². The normalized spacial score (nSPS) is 28.8. The first-order chi connectivity index (χ1) is 23.1. The molecule has 2 rings (SSSR count). The van der Waals surface area contributed by atoms with Crippen LogP contribution in [0.5, 0.6) is 0 Å². The zero-order valence-corrected chi connectivity index (χ0v) is 29.9. The Bertz CT molecular complexity index is 1410. The lowest BCUT2D eigenvalue weighted by atomic mass is 9.85. The van der Waals surface area contributed by atoms with Gasteiger partial charge in [0.1, 0.15) is 12.2 Å². The summed E-state index contributed by atoms with van der Waals surface area (Å²) in [6, 6.07) is 0. The van der Waals surface area contributed by atoms with Crippen molar-refractivity contribution >= 4 is 29.5 Å². The van der Waals surface area contributed by atoms with E-state index in [1.807, 2.05) is 38.9 Å². The number of esters is 1. The molecule has 2 aliphatic rings. The van der Waals surface area contributed by atoms with Crippen LogP contribution in [0.25, 0.3) is 0 Å². The van der Waals surface area contributed by atoms with Crippen molar-refractivity contribution in [2.45, 2.75) is 71.4 Å². The van der Waals surface area contributed by atoms with E-state index in [0.717, 1.165) is 6.08 Å². The van der Waals surface area contributed by atoms with Gasteiger partial charge in [-0.3, -0.25) is 19.2 Å². The molecule has 49 heavy (non-hydrogen) atoms. The number of carbonyl (C=O) groups is 5. The first-order valence-electron chi connectivity index (χ1n) is 16.2. The van der Waals surface area contributed by atoms with Crippen LogP contribution >= 0.6 is 0 Å². The highest BCUT2D eigenvalue weighted by molar-refractivity contribution is 6.23. The maximum absolute atomic E-state index is 13.8. The number of ether oxygens (including phenoxy) is 4. The molecular formula is C36H52N4O9. The Morgan fingerprint density at radius 2 is 1.82 bits per heavy atom. The van der Waals surface area contributed by atoms with E-state index in [0.29, 0.717) is 18.5 Å². The molecule has 0 fully saturated rings. The van der Waals surface area contributed by atoms with E-state index in [1.165, 1.54) is 20.3 Å². The second kappa shape index (κ2) is 19.6. The predicted molar refractivity (Wildman–Crippen MR) is 185 cm³/mol. The maximum Gasteiger partial charge on any atom is 0.405 e. The first kappa shape index (κ1) is 40.8. The average Bonchev–Trinajstić information content (AvgIpc) is 3.03. The van der Waals surface area contributed by atoms with Gasteiger partial charge in [-0.05, 0) is 52.3 Å². The van der Waals surface area contributed by atoms with Gasteiger partial charge in [0.25, 0.3) is 5.91 Å². The van der Waals surface area contributed by atoms with Crippen LogP contribution in [-0.4, -0.2) is 100 Å². The molecule has 1 heterocycles. The van der Waals surface area contributed by atoms with Gasteiger partial charge in [0.2, 0.25) is 11.6 Å². The summed E-state index contributed by atoms with van der Waals surface area (Å²) >= 11 is 0. The van der Waals surface area contributed by atoms with E-state index >= 15 is 0 Å². The lowest BCUT2D eigenvalue weighted by Crippen LogP contribution is -2.40. The number of rotatable bonds is 10. The topological polar surface area (TPSA) is 176 Å². The molecule has 4 N–H and O–H groups in total. The molecule has 1 aliphatic heterocycles. The molecule has 0 saturated heterocycles. The Kier molecular flexibility index (Phi) is 16.3. The van der Waals surface area contributed by atoms with E-state index in [-0.39, 0.29) is 47.8 Å². The van der Waals surface area contributed by atoms with Gasteiger partial charge in [-0.15, -0.1) is 6.58 Å². The highest BCUT2D eigenvalue weighted by Gasteiger charge is 2.35. The third-order valence-corrected chi connectivity index (χ3v) is 8.21. The summed E-state index contributed by atoms with van der Waals surface area (Å²) in [4.78, 5) is 67.1. The molecule has 0 aromatic carbocycles. The van der Waals surface area contributed by atoms with Gasteiger partial charge in [0.05, 0.1) is 23.9 Å². The van der Waals surface area contributed by atoms with Gasteiger partial charge in [-0.1, -0.05) is 44.2 Å². The molecule has 13 nitrogen and oxygen atoms in total. The summed E-state index contributed by atoms with van der Waals surface area (Å²) in [5, 5.41) is 5.57. The number of ketones is 2. The summed E-state index contributed by atoms with van der Waals surface area (Å²) in [7, 11) is 6.65. The second-order valence-corrected chi connectivity index (χ2v) is 12.6. The number of primary amides is 1. The summed E-state index contributed by atoms with van der Waals surface area (Å²) in [6.45, 7) is 11.5. The fourth-order valence-electron chi connectivity index (χ4n) is 5.65. The fourth-order valence-corrected chi connectivity index (χ4v) is 5.65. The monoisotopic (exact) mass is 684 g/mol. The van der Waals surface area contributed by atoms with Crippen molar-refractivity contribution in [3.05, 3.63) is 71.1 Å². The van der Waals surface area contributed by atoms with Gasteiger partial charge in [-0.25, -0.2) is 4.79 Å². The van der Waals surface area contributed by atoms with Crippen LogP contribution in [0.4, 0.5) is 4.79 Å². The minimum absolute atomic E-state index is 0.134. The number of nitrogens with one attached hydrogen (secondary N) is 2. The van der Waals surface area contributed by atoms with E-state index in [4.69, 9.17) is 24.7 Å². The Labute approximate surface area is 289 Å². The molecule has 0 radical (unpaired) electrons. The second-order valence-electron chi connectivity index (χ2n) is 12.6. The number of nitrogens with two attached hydrogens (primary N) is 1. The molecule has 1 aliphatic carbocycles. The van der Waals surface area contributed by atoms with Crippen LogP contribution < -0.4 is 16.4 Å².